The summed E-state index contributed by atoms with van der Waals surface area (Å²) in [6.45, 7) is 4.30. The molecule has 3 rings (SSSR count). The molecular weight excluding hydrogens is 344 g/mol. The van der Waals surface area contributed by atoms with Crippen LogP contribution in [0, 0.1) is 28.4 Å². The van der Waals surface area contributed by atoms with Gasteiger partial charge in [0, 0.05) is 6.07 Å². The maximum Gasteiger partial charge on any atom is 0.311 e. The van der Waals surface area contributed by atoms with Crippen LogP contribution in [0.5, 0.6) is 5.75 Å². The minimum atomic E-state index is -0.488. The van der Waals surface area contributed by atoms with Crippen molar-refractivity contribution < 1.29 is 9.66 Å². The fourth-order valence-corrected chi connectivity index (χ4v) is 2.67. The summed E-state index contributed by atoms with van der Waals surface area (Å²) in [5, 5.41) is 20.9. The van der Waals surface area contributed by atoms with Crippen LogP contribution < -0.4 is 4.74 Å². The topological polar surface area (TPSA) is 105 Å². The zero-order chi connectivity index (χ0) is 19.4. The van der Waals surface area contributed by atoms with Crippen molar-refractivity contribution in [1.82, 2.24) is 9.97 Å². The van der Waals surface area contributed by atoms with E-state index in [4.69, 9.17) is 4.74 Å². The molecule has 0 aliphatic heterocycles. The molecule has 7 nitrogen and oxygen atoms in total. The Balaban J connectivity index is 2.00. The lowest BCUT2D eigenvalue weighted by Crippen LogP contribution is -1.99. The Morgan fingerprint density at radius 2 is 2.19 bits per heavy atom. The molecule has 0 atom stereocenters. The average molecular weight is 362 g/mol. The highest BCUT2D eigenvalue weighted by Gasteiger charge is 2.16. The summed E-state index contributed by atoms with van der Waals surface area (Å²) >= 11 is 0. The molecule has 0 saturated heterocycles. The second-order valence-corrected chi connectivity index (χ2v) is 6.11. The molecule has 0 spiro atoms. The number of hydrogen-bond acceptors (Lipinski definition) is 5. The second-order valence-electron chi connectivity index (χ2n) is 6.11. The normalized spacial score (nSPS) is 11.4. The zero-order valence-electron chi connectivity index (χ0n) is 15.0. The van der Waals surface area contributed by atoms with Crippen LogP contribution in [0.3, 0.4) is 0 Å². The summed E-state index contributed by atoms with van der Waals surface area (Å²) < 4.78 is 5.42. The van der Waals surface area contributed by atoms with E-state index in [0.29, 0.717) is 23.6 Å². The number of rotatable bonds is 6. The van der Waals surface area contributed by atoms with Gasteiger partial charge in [0.25, 0.3) is 0 Å². The number of nitrogens with one attached hydrogen (secondary N) is 1. The van der Waals surface area contributed by atoms with Gasteiger partial charge in [-0.3, -0.25) is 10.1 Å². The summed E-state index contributed by atoms with van der Waals surface area (Å²) in [7, 11) is 0. The Labute approximate surface area is 156 Å². The number of nitro benzene ring substituents is 1. The van der Waals surface area contributed by atoms with Crippen molar-refractivity contribution in [2.24, 2.45) is 0 Å². The average Bonchev–Trinajstić information content (AvgIpc) is 3.07. The van der Waals surface area contributed by atoms with Crippen molar-refractivity contribution in [2.75, 3.05) is 6.61 Å². The van der Waals surface area contributed by atoms with Gasteiger partial charge in [-0.15, -0.1) is 0 Å². The summed E-state index contributed by atoms with van der Waals surface area (Å²) in [4.78, 5) is 18.4. The maximum atomic E-state index is 11.3. The van der Waals surface area contributed by atoms with Crippen LogP contribution in [-0.2, 0) is 0 Å². The third-order valence-corrected chi connectivity index (χ3v) is 3.97. The van der Waals surface area contributed by atoms with Gasteiger partial charge in [-0.25, -0.2) is 4.98 Å². The number of benzene rings is 2. The van der Waals surface area contributed by atoms with Crippen molar-refractivity contribution >= 4 is 28.4 Å². The number of aryl methyl sites for hydroxylation is 1. The van der Waals surface area contributed by atoms with Crippen LogP contribution in [-0.4, -0.2) is 21.5 Å². The van der Waals surface area contributed by atoms with E-state index in [2.05, 4.69) is 16.0 Å². The Morgan fingerprint density at radius 3 is 2.89 bits per heavy atom. The molecule has 0 fully saturated rings. The predicted octanol–water partition coefficient (Wildman–Crippen LogP) is 4.63. The molecule has 0 saturated carbocycles. The van der Waals surface area contributed by atoms with E-state index in [1.807, 2.05) is 32.0 Å². The number of imidazole rings is 1. The standard InChI is InChI=1S/C20H18N4O3/c1-3-8-27-19-7-5-14(11-18(19)24(25)26)10-15(12-21)20-22-16-6-4-13(2)9-17(16)23-20/h4-7,9-11H,3,8H2,1-2H3,(H,22,23)/b15-10-. The van der Waals surface area contributed by atoms with Crippen molar-refractivity contribution in [3.63, 3.8) is 0 Å². The highest BCUT2D eigenvalue weighted by Crippen LogP contribution is 2.30. The molecule has 0 radical (unpaired) electrons. The Hall–Kier alpha value is -3.66. The van der Waals surface area contributed by atoms with Crippen LogP contribution >= 0.6 is 0 Å². The molecule has 3 aromatic rings. The SMILES string of the molecule is CCCOc1ccc(/C=C(/C#N)c2nc3ccc(C)cc3[nH]2)cc1[N+](=O)[O-]. The molecule has 0 aliphatic carbocycles. The monoisotopic (exact) mass is 362 g/mol. The van der Waals surface area contributed by atoms with Crippen molar-refractivity contribution in [3.8, 4) is 11.8 Å². The highest BCUT2D eigenvalue weighted by molar-refractivity contribution is 5.90. The van der Waals surface area contributed by atoms with E-state index in [9.17, 15) is 15.4 Å². The molecule has 0 amide bonds. The molecule has 2 aromatic carbocycles. The summed E-state index contributed by atoms with van der Waals surface area (Å²) in [5.74, 6) is 0.642. The number of nitrogens with zero attached hydrogens (tertiary/aromatic N) is 3. The van der Waals surface area contributed by atoms with E-state index >= 15 is 0 Å². The number of hydrogen-bond donors (Lipinski definition) is 1. The van der Waals surface area contributed by atoms with Crippen molar-refractivity contribution in [2.45, 2.75) is 20.3 Å². The molecule has 136 valence electrons. The summed E-state index contributed by atoms with van der Waals surface area (Å²) in [6.07, 6.45) is 2.32. The van der Waals surface area contributed by atoms with E-state index in [1.54, 1.807) is 18.2 Å². The lowest BCUT2D eigenvalue weighted by molar-refractivity contribution is -0.385. The molecule has 1 heterocycles. The van der Waals surface area contributed by atoms with Gasteiger partial charge >= 0.3 is 5.69 Å². The molecule has 27 heavy (non-hydrogen) atoms. The first-order valence-corrected chi connectivity index (χ1v) is 8.51. The number of fused-ring (bicyclic) bond motifs is 1. The Morgan fingerprint density at radius 1 is 1.37 bits per heavy atom. The summed E-state index contributed by atoms with van der Waals surface area (Å²) in [6, 6.07) is 12.5. The maximum absolute atomic E-state index is 11.3. The summed E-state index contributed by atoms with van der Waals surface area (Å²) in [5.41, 5.74) is 3.36. The number of nitriles is 1. The molecule has 0 aliphatic rings. The molecule has 0 unspecified atom stereocenters. The van der Waals surface area contributed by atoms with E-state index in [-0.39, 0.29) is 11.4 Å². The van der Waals surface area contributed by atoms with E-state index in [0.717, 1.165) is 23.0 Å². The number of allylic oxidation sites excluding steroid dienone is 1. The second kappa shape index (κ2) is 7.70. The van der Waals surface area contributed by atoms with E-state index in [1.165, 1.54) is 6.07 Å². The van der Waals surface area contributed by atoms with Crippen LogP contribution in [0.15, 0.2) is 36.4 Å². The fourth-order valence-electron chi connectivity index (χ4n) is 2.67. The first kappa shape index (κ1) is 18.1. The molecule has 1 N–H and O–H groups in total. The number of aromatic amines is 1. The zero-order valence-corrected chi connectivity index (χ0v) is 15.0. The van der Waals surface area contributed by atoms with Crippen molar-refractivity contribution in [1.29, 1.82) is 5.26 Å². The minimum absolute atomic E-state index is 0.130. The highest BCUT2D eigenvalue weighted by atomic mass is 16.6. The van der Waals surface area contributed by atoms with Crippen LogP contribution in [0.4, 0.5) is 5.69 Å². The van der Waals surface area contributed by atoms with Gasteiger partial charge in [-0.1, -0.05) is 19.1 Å². The largest absolute Gasteiger partial charge is 0.487 e. The van der Waals surface area contributed by atoms with Gasteiger partial charge in [-0.05, 0) is 48.7 Å². The number of ether oxygens (including phenoxy) is 1. The quantitative estimate of drug-likeness (QED) is 0.391. The van der Waals surface area contributed by atoms with Crippen LogP contribution in [0.25, 0.3) is 22.7 Å². The molecule has 0 bridgehead atoms. The van der Waals surface area contributed by atoms with Gasteiger partial charge in [-0.2, -0.15) is 5.26 Å². The molecule has 7 heteroatoms. The van der Waals surface area contributed by atoms with Crippen LogP contribution in [0.1, 0.15) is 30.3 Å². The first-order valence-electron chi connectivity index (χ1n) is 8.51. The van der Waals surface area contributed by atoms with Gasteiger partial charge in [0.15, 0.2) is 5.75 Å². The number of H-pyrrole nitrogens is 1. The Kier molecular flexibility index (Phi) is 5.18. The third kappa shape index (κ3) is 3.96. The van der Waals surface area contributed by atoms with Crippen LogP contribution in [0.2, 0.25) is 0 Å². The van der Waals surface area contributed by atoms with Gasteiger partial charge < -0.3 is 9.72 Å². The van der Waals surface area contributed by atoms with Gasteiger partial charge in [0.1, 0.15) is 11.9 Å². The Bertz CT molecular complexity index is 1080. The van der Waals surface area contributed by atoms with Crippen molar-refractivity contribution in [3.05, 3.63) is 63.5 Å². The van der Waals surface area contributed by atoms with Gasteiger partial charge in [0.05, 0.1) is 28.1 Å². The lowest BCUT2D eigenvalue weighted by atomic mass is 10.1. The fraction of sp³-hybridized carbons (Fsp3) is 0.200. The van der Waals surface area contributed by atoms with E-state index < -0.39 is 4.92 Å². The molecular formula is C20H18N4O3. The number of nitro groups is 1. The lowest BCUT2D eigenvalue weighted by Gasteiger charge is -2.06. The number of aromatic nitrogens is 2. The predicted molar refractivity (Wildman–Crippen MR) is 103 cm³/mol. The smallest absolute Gasteiger partial charge is 0.311 e. The van der Waals surface area contributed by atoms with Gasteiger partial charge in [0.2, 0.25) is 0 Å². The molecule has 1 aromatic heterocycles. The third-order valence-electron chi connectivity index (χ3n) is 3.97. The first-order chi connectivity index (χ1) is 13.0. The minimum Gasteiger partial charge on any atom is -0.487 e.